The molecule has 0 aliphatic heterocycles. The van der Waals surface area contributed by atoms with E-state index in [-0.39, 0.29) is 6.42 Å². The number of aryl methyl sites for hydroxylation is 1. The van der Waals surface area contributed by atoms with E-state index in [4.69, 9.17) is 4.74 Å². The molecule has 0 saturated carbocycles. The van der Waals surface area contributed by atoms with Gasteiger partial charge >= 0.3 is 5.97 Å². The smallest absolute Gasteiger partial charge is 0.306 e. The van der Waals surface area contributed by atoms with Gasteiger partial charge in [0.2, 0.25) is 0 Å². The van der Waals surface area contributed by atoms with E-state index in [2.05, 4.69) is 5.32 Å². The fraction of sp³-hybridized carbons (Fsp3) is 0.294. The number of nitrogens with one attached hydrogen (secondary N) is 1. The van der Waals surface area contributed by atoms with Crippen molar-refractivity contribution in [2.24, 2.45) is 0 Å². The summed E-state index contributed by atoms with van der Waals surface area (Å²) in [6, 6.07) is 9.53. The number of thiophene rings is 1. The number of hydrogen-bond acceptors (Lipinski definition) is 4. The number of carbonyl (C=O) groups is 2. The molecule has 23 heavy (non-hydrogen) atoms. The first-order valence-electron chi connectivity index (χ1n) is 7.33. The van der Waals surface area contributed by atoms with Crippen LogP contribution in [0.4, 0.5) is 10.1 Å². The first-order chi connectivity index (χ1) is 11.0. The van der Waals surface area contributed by atoms with Gasteiger partial charge in [-0.3, -0.25) is 9.59 Å². The minimum atomic E-state index is -0.924. The summed E-state index contributed by atoms with van der Waals surface area (Å²) in [5.41, 5.74) is 0.329. The second-order valence-corrected chi connectivity index (χ2v) is 6.10. The lowest BCUT2D eigenvalue weighted by molar-refractivity contribution is -0.153. The molecule has 2 rings (SSSR count). The van der Waals surface area contributed by atoms with Gasteiger partial charge in [0, 0.05) is 17.0 Å². The summed E-state index contributed by atoms with van der Waals surface area (Å²) in [4.78, 5) is 24.9. The van der Waals surface area contributed by atoms with E-state index >= 15 is 0 Å². The molecule has 1 heterocycles. The summed E-state index contributed by atoms with van der Waals surface area (Å²) in [7, 11) is 0. The highest BCUT2D eigenvalue weighted by Crippen LogP contribution is 2.13. The molecule has 1 atom stereocenters. The minimum Gasteiger partial charge on any atom is -0.453 e. The molecule has 122 valence electrons. The Bertz CT molecular complexity index is 658. The van der Waals surface area contributed by atoms with Gasteiger partial charge in [-0.1, -0.05) is 12.1 Å². The van der Waals surface area contributed by atoms with E-state index in [0.29, 0.717) is 12.1 Å². The summed E-state index contributed by atoms with van der Waals surface area (Å²) in [5.74, 6) is -1.34. The summed E-state index contributed by atoms with van der Waals surface area (Å²) in [6.07, 6.45) is 0.830. The summed E-state index contributed by atoms with van der Waals surface area (Å²) in [5, 5.41) is 4.50. The molecule has 0 fully saturated rings. The van der Waals surface area contributed by atoms with Gasteiger partial charge in [-0.15, -0.1) is 11.3 Å². The van der Waals surface area contributed by atoms with Gasteiger partial charge in [-0.25, -0.2) is 4.39 Å². The number of hydrogen-bond donors (Lipinski definition) is 1. The Kier molecular flexibility index (Phi) is 6.29. The normalized spacial score (nSPS) is 11.7. The van der Waals surface area contributed by atoms with E-state index in [1.54, 1.807) is 17.4 Å². The topological polar surface area (TPSA) is 55.4 Å². The average Bonchev–Trinajstić information content (AvgIpc) is 3.00. The van der Waals surface area contributed by atoms with E-state index in [9.17, 15) is 14.0 Å². The summed E-state index contributed by atoms with van der Waals surface area (Å²) >= 11 is 1.65. The monoisotopic (exact) mass is 335 g/mol. The van der Waals surface area contributed by atoms with Gasteiger partial charge < -0.3 is 10.1 Å². The molecule has 0 aliphatic rings. The lowest BCUT2D eigenvalue weighted by Crippen LogP contribution is -2.29. The standard InChI is InChI=1S/C17H18FNO3S/c1-12(17(21)19-14-6-2-5-13(18)11-14)22-16(20)9-3-7-15-8-4-10-23-15/h2,4-6,8,10-12H,3,7,9H2,1H3,(H,19,21)/t12-/m1/s1. The summed E-state index contributed by atoms with van der Waals surface area (Å²) in [6.45, 7) is 1.49. The van der Waals surface area contributed by atoms with Crippen LogP contribution in [-0.2, 0) is 20.7 Å². The molecule has 1 amide bonds. The van der Waals surface area contributed by atoms with Crippen LogP contribution in [0.1, 0.15) is 24.6 Å². The van der Waals surface area contributed by atoms with Crippen molar-refractivity contribution in [3.05, 3.63) is 52.5 Å². The van der Waals surface area contributed by atoms with Crippen LogP contribution in [0.5, 0.6) is 0 Å². The van der Waals surface area contributed by atoms with Gasteiger partial charge in [0.1, 0.15) is 5.82 Å². The third kappa shape index (κ3) is 5.83. The average molecular weight is 335 g/mol. The molecule has 0 spiro atoms. The minimum absolute atomic E-state index is 0.259. The van der Waals surface area contributed by atoms with Crippen LogP contribution in [0.3, 0.4) is 0 Å². The molecule has 1 N–H and O–H groups in total. The largest absolute Gasteiger partial charge is 0.453 e. The Morgan fingerprint density at radius 1 is 1.30 bits per heavy atom. The first-order valence-corrected chi connectivity index (χ1v) is 8.21. The van der Waals surface area contributed by atoms with Crippen LogP contribution >= 0.6 is 11.3 Å². The Labute approximate surface area is 138 Å². The van der Waals surface area contributed by atoms with Crippen LogP contribution in [0, 0.1) is 5.82 Å². The van der Waals surface area contributed by atoms with Crippen molar-refractivity contribution in [2.75, 3.05) is 5.32 Å². The highest BCUT2D eigenvalue weighted by Gasteiger charge is 2.17. The fourth-order valence-corrected chi connectivity index (χ4v) is 2.73. The highest BCUT2D eigenvalue weighted by molar-refractivity contribution is 7.09. The molecule has 0 radical (unpaired) electrons. The van der Waals surface area contributed by atoms with Crippen molar-refractivity contribution >= 4 is 28.9 Å². The van der Waals surface area contributed by atoms with Crippen LogP contribution < -0.4 is 5.32 Å². The zero-order valence-electron chi connectivity index (χ0n) is 12.8. The Balaban J connectivity index is 1.73. The number of halogens is 1. The van der Waals surface area contributed by atoms with E-state index in [0.717, 1.165) is 6.42 Å². The van der Waals surface area contributed by atoms with E-state index in [1.165, 1.54) is 30.0 Å². The summed E-state index contributed by atoms with van der Waals surface area (Å²) < 4.78 is 18.1. The fourth-order valence-electron chi connectivity index (χ4n) is 1.98. The molecule has 0 unspecified atom stereocenters. The maximum Gasteiger partial charge on any atom is 0.306 e. The van der Waals surface area contributed by atoms with Crippen molar-refractivity contribution in [3.63, 3.8) is 0 Å². The van der Waals surface area contributed by atoms with Gasteiger partial charge in [-0.2, -0.15) is 0 Å². The molecule has 4 nitrogen and oxygen atoms in total. The van der Waals surface area contributed by atoms with Crippen LogP contribution in [-0.4, -0.2) is 18.0 Å². The maximum absolute atomic E-state index is 13.0. The van der Waals surface area contributed by atoms with Crippen molar-refractivity contribution in [2.45, 2.75) is 32.3 Å². The number of esters is 1. The third-order valence-electron chi connectivity index (χ3n) is 3.15. The number of rotatable bonds is 7. The van der Waals surface area contributed by atoms with Crippen molar-refractivity contribution < 1.29 is 18.7 Å². The van der Waals surface area contributed by atoms with Gasteiger partial charge in [0.15, 0.2) is 6.10 Å². The second-order valence-electron chi connectivity index (χ2n) is 5.06. The van der Waals surface area contributed by atoms with Crippen LogP contribution in [0.2, 0.25) is 0 Å². The molecule has 2 aromatic rings. The highest BCUT2D eigenvalue weighted by atomic mass is 32.1. The molecule has 6 heteroatoms. The lowest BCUT2D eigenvalue weighted by atomic mass is 10.2. The van der Waals surface area contributed by atoms with E-state index in [1.807, 2.05) is 17.5 Å². The van der Waals surface area contributed by atoms with Gasteiger partial charge in [0.05, 0.1) is 0 Å². The number of anilines is 1. The molecule has 0 bridgehead atoms. The molecular formula is C17H18FNO3S. The molecule has 0 saturated heterocycles. The zero-order valence-corrected chi connectivity index (χ0v) is 13.6. The predicted molar refractivity (Wildman–Crippen MR) is 87.8 cm³/mol. The van der Waals surface area contributed by atoms with Crippen molar-refractivity contribution in [1.82, 2.24) is 0 Å². The quantitative estimate of drug-likeness (QED) is 0.784. The van der Waals surface area contributed by atoms with Crippen LogP contribution in [0.25, 0.3) is 0 Å². The van der Waals surface area contributed by atoms with Crippen molar-refractivity contribution in [3.8, 4) is 0 Å². The lowest BCUT2D eigenvalue weighted by Gasteiger charge is -2.13. The number of benzene rings is 1. The first kappa shape index (κ1) is 17.1. The number of amides is 1. The zero-order chi connectivity index (χ0) is 16.7. The number of ether oxygens (including phenoxy) is 1. The number of carbonyl (C=O) groups excluding carboxylic acids is 2. The maximum atomic E-state index is 13.0. The Hall–Kier alpha value is -2.21. The predicted octanol–water partition coefficient (Wildman–Crippen LogP) is 3.78. The second kappa shape index (κ2) is 8.43. The SMILES string of the molecule is C[C@@H](OC(=O)CCCc1cccs1)C(=O)Nc1cccc(F)c1. The molecule has 1 aromatic heterocycles. The van der Waals surface area contributed by atoms with E-state index < -0.39 is 23.8 Å². The van der Waals surface area contributed by atoms with Crippen LogP contribution in [0.15, 0.2) is 41.8 Å². The Morgan fingerprint density at radius 3 is 2.83 bits per heavy atom. The molecular weight excluding hydrogens is 317 g/mol. The Morgan fingerprint density at radius 2 is 2.13 bits per heavy atom. The molecule has 1 aromatic carbocycles. The molecule has 0 aliphatic carbocycles. The van der Waals surface area contributed by atoms with Crippen molar-refractivity contribution in [1.29, 1.82) is 0 Å². The van der Waals surface area contributed by atoms with Gasteiger partial charge in [0.25, 0.3) is 5.91 Å². The third-order valence-corrected chi connectivity index (χ3v) is 4.09. The van der Waals surface area contributed by atoms with Gasteiger partial charge in [-0.05, 0) is 49.4 Å².